The van der Waals surface area contributed by atoms with Gasteiger partial charge in [-0.3, -0.25) is 0 Å². The number of aliphatic imine (C=N–C) groups is 1. The van der Waals surface area contributed by atoms with E-state index < -0.39 is 5.54 Å². The van der Waals surface area contributed by atoms with Crippen LogP contribution in [0.25, 0.3) is 0 Å². The lowest BCUT2D eigenvalue weighted by atomic mass is 9.94. The van der Waals surface area contributed by atoms with E-state index in [2.05, 4.69) is 20.6 Å². The molecule has 0 aliphatic carbocycles. The van der Waals surface area contributed by atoms with Crippen LogP contribution in [-0.4, -0.2) is 38.3 Å². The summed E-state index contributed by atoms with van der Waals surface area (Å²) in [5.74, 6) is 0.751. The maximum atomic E-state index is 10.4. The third kappa shape index (κ3) is 3.72. The van der Waals surface area contributed by atoms with Crippen molar-refractivity contribution in [3.8, 4) is 6.19 Å². The van der Waals surface area contributed by atoms with Gasteiger partial charge in [-0.2, -0.15) is 10.3 Å². The molecular weight excluding hydrogens is 316 g/mol. The molecule has 1 unspecified atom stereocenters. The molecule has 1 aliphatic rings. The Morgan fingerprint density at radius 3 is 2.70 bits per heavy atom. The number of halogens is 1. The fourth-order valence-corrected chi connectivity index (χ4v) is 3.07. The molecule has 0 spiro atoms. The SMILES string of the molecule is CC1(C)CC(NC(=NC#N)Nc2cccc(Cl)n2)C(C)(C)N1O. The van der Waals surface area contributed by atoms with E-state index in [1.165, 1.54) is 5.06 Å². The lowest BCUT2D eigenvalue weighted by Crippen LogP contribution is -2.54. The monoisotopic (exact) mass is 336 g/mol. The van der Waals surface area contributed by atoms with E-state index in [9.17, 15) is 5.21 Å². The number of aromatic nitrogens is 1. The van der Waals surface area contributed by atoms with Crippen molar-refractivity contribution in [3.05, 3.63) is 23.4 Å². The van der Waals surface area contributed by atoms with Gasteiger partial charge in [0.2, 0.25) is 12.2 Å². The van der Waals surface area contributed by atoms with Crippen LogP contribution in [0.1, 0.15) is 34.1 Å². The zero-order valence-electron chi connectivity index (χ0n) is 13.6. The minimum atomic E-state index is -0.525. The molecule has 0 radical (unpaired) electrons. The summed E-state index contributed by atoms with van der Waals surface area (Å²) >= 11 is 5.86. The number of rotatable bonds is 2. The van der Waals surface area contributed by atoms with Gasteiger partial charge >= 0.3 is 0 Å². The quantitative estimate of drug-likeness (QED) is 0.332. The van der Waals surface area contributed by atoms with Gasteiger partial charge in [0.15, 0.2) is 0 Å². The zero-order valence-corrected chi connectivity index (χ0v) is 14.4. The van der Waals surface area contributed by atoms with Crippen molar-refractivity contribution in [1.29, 1.82) is 5.26 Å². The Labute approximate surface area is 140 Å². The number of nitriles is 1. The second-order valence-electron chi connectivity index (χ2n) is 6.71. The van der Waals surface area contributed by atoms with Gasteiger partial charge in [0.1, 0.15) is 11.0 Å². The standard InChI is InChI=1S/C15H21ClN6O/c1-14(2)8-10(15(3,4)22(14)23)19-13(18-9-17)21-12-7-5-6-11(16)20-12/h5-7,10,23H,8H2,1-4H3,(H2,18,19,20,21). The molecular formula is C15H21ClN6O. The molecule has 0 aromatic carbocycles. The lowest BCUT2D eigenvalue weighted by Gasteiger charge is -2.36. The third-order valence-corrected chi connectivity index (χ3v) is 4.32. The van der Waals surface area contributed by atoms with Crippen LogP contribution < -0.4 is 10.6 Å². The Morgan fingerprint density at radius 2 is 2.17 bits per heavy atom. The summed E-state index contributed by atoms with van der Waals surface area (Å²) in [5.41, 5.74) is -0.906. The number of nitrogens with one attached hydrogen (secondary N) is 2. The number of guanidine groups is 1. The number of hydrogen-bond acceptors (Lipinski definition) is 5. The molecule has 1 aliphatic heterocycles. The Kier molecular flexibility index (Phi) is 4.80. The summed E-state index contributed by atoms with van der Waals surface area (Å²) in [6.07, 6.45) is 2.45. The first-order valence-corrected chi connectivity index (χ1v) is 7.67. The highest BCUT2D eigenvalue weighted by Gasteiger charge is 2.51. The maximum Gasteiger partial charge on any atom is 0.213 e. The van der Waals surface area contributed by atoms with Gasteiger partial charge in [-0.15, -0.1) is 4.99 Å². The topological polar surface area (TPSA) is 96.6 Å². The minimum Gasteiger partial charge on any atom is -0.350 e. The van der Waals surface area contributed by atoms with Gasteiger partial charge in [-0.05, 0) is 46.2 Å². The van der Waals surface area contributed by atoms with E-state index in [0.29, 0.717) is 17.4 Å². The Balaban J connectivity index is 2.18. The van der Waals surface area contributed by atoms with Crippen molar-refractivity contribution in [2.45, 2.75) is 51.2 Å². The van der Waals surface area contributed by atoms with Crippen molar-refractivity contribution in [2.75, 3.05) is 5.32 Å². The summed E-state index contributed by atoms with van der Waals surface area (Å²) in [6.45, 7) is 7.79. The van der Waals surface area contributed by atoms with E-state index in [-0.39, 0.29) is 17.5 Å². The smallest absolute Gasteiger partial charge is 0.213 e. The average Bonchev–Trinajstić information content (AvgIpc) is 2.59. The number of hydroxylamine groups is 2. The predicted octanol–water partition coefficient (Wildman–Crippen LogP) is 2.59. The number of pyridine rings is 1. The average molecular weight is 337 g/mol. The molecule has 23 heavy (non-hydrogen) atoms. The Morgan fingerprint density at radius 1 is 1.48 bits per heavy atom. The maximum absolute atomic E-state index is 10.4. The third-order valence-electron chi connectivity index (χ3n) is 4.11. The van der Waals surface area contributed by atoms with Crippen LogP contribution >= 0.6 is 11.6 Å². The first-order chi connectivity index (χ1) is 10.7. The van der Waals surface area contributed by atoms with Gasteiger partial charge in [-0.25, -0.2) is 4.98 Å². The highest BCUT2D eigenvalue weighted by molar-refractivity contribution is 6.29. The summed E-state index contributed by atoms with van der Waals surface area (Å²) in [4.78, 5) is 7.88. The molecule has 1 aromatic heterocycles. The molecule has 0 saturated carbocycles. The first kappa shape index (κ1) is 17.5. The normalized spacial score (nSPS) is 23.3. The minimum absolute atomic E-state index is 0.110. The van der Waals surface area contributed by atoms with Crippen LogP contribution in [0.4, 0.5) is 5.82 Å². The van der Waals surface area contributed by atoms with Crippen LogP contribution in [-0.2, 0) is 0 Å². The van der Waals surface area contributed by atoms with E-state index in [1.807, 2.05) is 27.7 Å². The molecule has 1 saturated heterocycles. The van der Waals surface area contributed by atoms with Crippen molar-refractivity contribution in [1.82, 2.24) is 15.4 Å². The van der Waals surface area contributed by atoms with E-state index in [0.717, 1.165) is 0 Å². The summed E-state index contributed by atoms with van der Waals surface area (Å²) < 4.78 is 0. The molecule has 2 rings (SSSR count). The largest absolute Gasteiger partial charge is 0.350 e. The van der Waals surface area contributed by atoms with Crippen LogP contribution in [0.15, 0.2) is 23.2 Å². The highest BCUT2D eigenvalue weighted by Crippen LogP contribution is 2.38. The van der Waals surface area contributed by atoms with E-state index >= 15 is 0 Å². The zero-order chi connectivity index (χ0) is 17.3. The van der Waals surface area contributed by atoms with Crippen molar-refractivity contribution >= 4 is 23.4 Å². The van der Waals surface area contributed by atoms with Gasteiger partial charge in [0.05, 0.1) is 11.6 Å². The van der Waals surface area contributed by atoms with Crippen LogP contribution in [0.2, 0.25) is 5.15 Å². The molecule has 0 bridgehead atoms. The van der Waals surface area contributed by atoms with Crippen molar-refractivity contribution in [3.63, 3.8) is 0 Å². The fraction of sp³-hybridized carbons (Fsp3) is 0.533. The fourth-order valence-electron chi connectivity index (χ4n) is 2.90. The summed E-state index contributed by atoms with van der Waals surface area (Å²) in [6, 6.07) is 5.02. The Hall–Kier alpha value is -1.88. The van der Waals surface area contributed by atoms with Crippen LogP contribution in [0, 0.1) is 11.5 Å². The number of anilines is 1. The van der Waals surface area contributed by atoms with E-state index in [4.69, 9.17) is 16.9 Å². The molecule has 0 amide bonds. The molecule has 124 valence electrons. The van der Waals surface area contributed by atoms with Gasteiger partial charge in [0.25, 0.3) is 0 Å². The molecule has 7 nitrogen and oxygen atoms in total. The van der Waals surface area contributed by atoms with Gasteiger partial charge < -0.3 is 15.8 Å². The first-order valence-electron chi connectivity index (χ1n) is 7.29. The second-order valence-corrected chi connectivity index (χ2v) is 7.10. The van der Waals surface area contributed by atoms with E-state index in [1.54, 1.807) is 24.4 Å². The van der Waals surface area contributed by atoms with Crippen LogP contribution in [0.3, 0.4) is 0 Å². The molecule has 1 aromatic rings. The molecule has 1 fully saturated rings. The number of hydrogen-bond donors (Lipinski definition) is 3. The lowest BCUT2D eigenvalue weighted by molar-refractivity contribution is -0.193. The van der Waals surface area contributed by atoms with Crippen molar-refractivity contribution in [2.24, 2.45) is 4.99 Å². The summed E-state index contributed by atoms with van der Waals surface area (Å²) in [5, 5.41) is 27.1. The van der Waals surface area contributed by atoms with Gasteiger partial charge in [-0.1, -0.05) is 17.7 Å². The molecule has 2 heterocycles. The summed E-state index contributed by atoms with van der Waals surface area (Å²) in [7, 11) is 0. The predicted molar refractivity (Wildman–Crippen MR) is 89.2 cm³/mol. The van der Waals surface area contributed by atoms with Crippen LogP contribution in [0.5, 0.6) is 0 Å². The second kappa shape index (κ2) is 6.32. The van der Waals surface area contributed by atoms with Gasteiger partial charge in [0, 0.05) is 5.54 Å². The highest BCUT2D eigenvalue weighted by atomic mass is 35.5. The number of nitrogens with zero attached hydrogens (tertiary/aromatic N) is 4. The molecule has 3 N–H and O–H groups in total. The Bertz CT molecular complexity index is 652. The van der Waals surface area contributed by atoms with Crippen molar-refractivity contribution < 1.29 is 5.21 Å². The molecule has 8 heteroatoms. The molecule has 1 atom stereocenters.